The predicted octanol–water partition coefficient (Wildman–Crippen LogP) is 7.16. The van der Waals surface area contributed by atoms with Crippen LogP contribution >= 0.6 is 0 Å². The van der Waals surface area contributed by atoms with Crippen LogP contribution in [0.3, 0.4) is 0 Å². The quantitative estimate of drug-likeness (QED) is 0.0269. The van der Waals surface area contributed by atoms with E-state index in [-0.39, 0.29) is 18.9 Å². The van der Waals surface area contributed by atoms with Crippen LogP contribution in [0, 0.1) is 0 Å². The molecule has 3 fully saturated rings. The van der Waals surface area contributed by atoms with Crippen molar-refractivity contribution in [2.45, 2.75) is 362 Å². The zero-order valence-electron chi connectivity index (χ0n) is 50.3. The minimum absolute atomic E-state index is 0.243. The second kappa shape index (κ2) is 46.0. The van der Waals surface area contributed by atoms with Gasteiger partial charge in [-0.2, -0.15) is 0 Å². The third-order valence-electron chi connectivity index (χ3n) is 16.9. The van der Waals surface area contributed by atoms with Crippen LogP contribution in [0.2, 0.25) is 0 Å². The fourth-order valence-electron chi connectivity index (χ4n) is 11.6. The number of hydrogen-bond acceptors (Lipinski definition) is 18. The van der Waals surface area contributed by atoms with Crippen LogP contribution in [0.1, 0.15) is 258 Å². The molecule has 0 radical (unpaired) electrons. The average molecular weight is 1170 g/mol. The Balaban J connectivity index is 1.38. The van der Waals surface area contributed by atoms with E-state index >= 15 is 0 Å². The molecule has 81 heavy (non-hydrogen) atoms. The summed E-state index contributed by atoms with van der Waals surface area (Å²) in [4.78, 5) is 13.3. The number of amides is 1. The normalized spacial score (nSPS) is 29.7. The van der Waals surface area contributed by atoms with Crippen molar-refractivity contribution in [3.63, 3.8) is 0 Å². The van der Waals surface area contributed by atoms with E-state index in [1.807, 2.05) is 0 Å². The lowest BCUT2D eigenvalue weighted by atomic mass is 9.96. The van der Waals surface area contributed by atoms with Gasteiger partial charge in [-0.15, -0.1) is 0 Å². The Morgan fingerprint density at radius 2 is 0.704 bits per heavy atom. The van der Waals surface area contributed by atoms with Crippen LogP contribution in [0.25, 0.3) is 0 Å². The van der Waals surface area contributed by atoms with Crippen molar-refractivity contribution in [1.29, 1.82) is 0 Å². The third-order valence-corrected chi connectivity index (χ3v) is 16.9. The second-order valence-corrected chi connectivity index (χ2v) is 23.9. The molecule has 0 aromatic rings. The molecule has 0 saturated carbocycles. The highest BCUT2D eigenvalue weighted by atomic mass is 16.8. The van der Waals surface area contributed by atoms with Gasteiger partial charge in [0.15, 0.2) is 18.9 Å². The second-order valence-electron chi connectivity index (χ2n) is 23.9. The molecule has 0 aromatic heterocycles. The highest BCUT2D eigenvalue weighted by molar-refractivity contribution is 5.76. The lowest BCUT2D eigenvalue weighted by molar-refractivity contribution is -0.379. The van der Waals surface area contributed by atoms with Crippen LogP contribution in [0.15, 0.2) is 0 Å². The Morgan fingerprint density at radius 3 is 1.07 bits per heavy atom. The van der Waals surface area contributed by atoms with Crippen molar-refractivity contribution in [1.82, 2.24) is 5.32 Å². The Labute approximate surface area is 487 Å². The molecule has 0 aromatic carbocycles. The smallest absolute Gasteiger partial charge is 0.220 e. The zero-order valence-corrected chi connectivity index (χ0v) is 50.3. The highest BCUT2D eigenvalue weighted by Gasteiger charge is 2.53. The molecule has 0 bridgehead atoms. The number of nitrogens with one attached hydrogen (secondary N) is 1. The van der Waals surface area contributed by atoms with Crippen LogP contribution in [-0.2, 0) is 33.2 Å². The van der Waals surface area contributed by atoms with E-state index < -0.39 is 124 Å². The predicted molar refractivity (Wildman–Crippen MR) is 310 cm³/mol. The maximum absolute atomic E-state index is 13.3. The molecule has 3 aliphatic rings. The van der Waals surface area contributed by atoms with Gasteiger partial charge in [0.25, 0.3) is 0 Å². The first-order valence-corrected chi connectivity index (χ1v) is 32.8. The fourth-order valence-corrected chi connectivity index (χ4v) is 11.6. The van der Waals surface area contributed by atoms with Gasteiger partial charge in [-0.1, -0.05) is 239 Å². The van der Waals surface area contributed by atoms with Gasteiger partial charge in [0, 0.05) is 6.42 Å². The van der Waals surface area contributed by atoms with Crippen molar-refractivity contribution in [2.24, 2.45) is 0 Å². The molecule has 1 amide bonds. The Hall–Kier alpha value is -1.21. The molecule has 0 aliphatic carbocycles. The summed E-state index contributed by atoms with van der Waals surface area (Å²) in [7, 11) is 0. The number of rotatable bonds is 50. The van der Waals surface area contributed by atoms with E-state index in [4.69, 9.17) is 28.4 Å². The maximum atomic E-state index is 13.3. The summed E-state index contributed by atoms with van der Waals surface area (Å²) in [6.45, 7) is 1.79. The van der Waals surface area contributed by atoms with Crippen LogP contribution in [0.4, 0.5) is 0 Å². The van der Waals surface area contributed by atoms with Crippen LogP contribution in [-0.4, -0.2) is 193 Å². The first-order chi connectivity index (χ1) is 39.3. The summed E-state index contributed by atoms with van der Waals surface area (Å²) in [5.74, 6) is -0.243. The molecule has 17 unspecified atom stereocenters. The molecule has 19 nitrogen and oxygen atoms in total. The number of hydrogen-bond donors (Lipinski definition) is 12. The number of aliphatic hydroxyl groups excluding tert-OH is 11. The molecule has 0 spiro atoms. The van der Waals surface area contributed by atoms with Gasteiger partial charge in [-0.05, 0) is 12.8 Å². The minimum Gasteiger partial charge on any atom is -0.394 e. The Kier molecular flexibility index (Phi) is 42.1. The molecule has 3 heterocycles. The van der Waals surface area contributed by atoms with Crippen molar-refractivity contribution in [3.8, 4) is 0 Å². The standard InChI is InChI=1S/C62H119NO18/c1-3-5-7-9-11-13-14-15-16-17-18-19-20-21-22-23-24-25-26-27-28-29-30-32-33-35-37-39-46(67)45(63-50(68)40-38-36-34-31-12-10-8-6-4-2)44-76-60-56(74)53(71)58(48(42-65)78-60)81-62-57(75)54(72)59(49(43-66)79-62)80-61-55(73)52(70)51(69)47(41-64)77-61/h45-49,51-62,64-67,69-75H,3-44H2,1-2H3,(H,63,68). The highest BCUT2D eigenvalue weighted by Crippen LogP contribution is 2.33. The molecule has 17 atom stereocenters. The van der Waals surface area contributed by atoms with Crippen molar-refractivity contribution < 1.29 is 89.4 Å². The topological polar surface area (TPSA) is 307 Å². The maximum Gasteiger partial charge on any atom is 0.220 e. The summed E-state index contributed by atoms with van der Waals surface area (Å²) >= 11 is 0. The lowest BCUT2D eigenvalue weighted by Crippen LogP contribution is -2.66. The van der Waals surface area contributed by atoms with E-state index in [2.05, 4.69) is 19.2 Å². The lowest BCUT2D eigenvalue weighted by Gasteiger charge is -2.48. The zero-order chi connectivity index (χ0) is 59.0. The molecule has 3 saturated heterocycles. The van der Waals surface area contributed by atoms with Gasteiger partial charge in [0.05, 0.1) is 38.6 Å². The third kappa shape index (κ3) is 29.4. The van der Waals surface area contributed by atoms with E-state index in [0.717, 1.165) is 44.9 Å². The summed E-state index contributed by atoms with van der Waals surface area (Å²) in [6.07, 6.45) is 19.4. The molecule has 19 heteroatoms. The number of aliphatic hydroxyl groups is 11. The first-order valence-electron chi connectivity index (χ1n) is 32.8. The SMILES string of the molecule is CCCCCCCCCCCCCCCCCCCCCCCCCCCCCC(O)C(COC1OC(CO)C(OC2OC(CO)C(OC3OC(CO)C(O)C(O)C3O)C(O)C2O)C(O)C1O)NC(=O)CCCCCCCCCCC. The van der Waals surface area contributed by atoms with Crippen LogP contribution < -0.4 is 5.32 Å². The van der Waals surface area contributed by atoms with E-state index in [1.54, 1.807) is 0 Å². The average Bonchev–Trinajstić information content (AvgIpc) is 3.46. The summed E-state index contributed by atoms with van der Waals surface area (Å²) < 4.78 is 34.3. The van der Waals surface area contributed by atoms with Gasteiger partial charge >= 0.3 is 0 Å². The molecule has 12 N–H and O–H groups in total. The number of ether oxygens (including phenoxy) is 6. The monoisotopic (exact) mass is 1170 g/mol. The number of carbonyl (C=O) groups is 1. The van der Waals surface area contributed by atoms with Crippen molar-refractivity contribution >= 4 is 5.91 Å². The number of unbranched alkanes of at least 4 members (excludes halogenated alkanes) is 34. The Bertz CT molecular complexity index is 1490. The van der Waals surface area contributed by atoms with Gasteiger partial charge in [-0.25, -0.2) is 0 Å². The van der Waals surface area contributed by atoms with Gasteiger partial charge in [0.1, 0.15) is 73.2 Å². The largest absolute Gasteiger partial charge is 0.394 e. The van der Waals surface area contributed by atoms with Gasteiger partial charge in [0.2, 0.25) is 5.91 Å². The number of carbonyl (C=O) groups excluding carboxylic acids is 1. The molecule has 480 valence electrons. The molecule has 3 rings (SSSR count). The van der Waals surface area contributed by atoms with Crippen molar-refractivity contribution in [3.05, 3.63) is 0 Å². The Morgan fingerprint density at radius 1 is 0.395 bits per heavy atom. The van der Waals surface area contributed by atoms with E-state index in [1.165, 1.54) is 180 Å². The summed E-state index contributed by atoms with van der Waals surface area (Å²) in [5.41, 5.74) is 0. The molecular formula is C62H119NO18. The molecule has 3 aliphatic heterocycles. The molecular weight excluding hydrogens is 1050 g/mol. The van der Waals surface area contributed by atoms with Gasteiger partial charge < -0.3 is 89.9 Å². The fraction of sp³-hybridized carbons (Fsp3) is 0.984. The van der Waals surface area contributed by atoms with Crippen molar-refractivity contribution in [2.75, 3.05) is 26.4 Å². The minimum atomic E-state index is -1.97. The van der Waals surface area contributed by atoms with Gasteiger partial charge in [-0.3, -0.25) is 4.79 Å². The summed E-state index contributed by atoms with van der Waals surface area (Å²) in [6, 6.07) is -0.879. The van der Waals surface area contributed by atoms with Crippen LogP contribution in [0.5, 0.6) is 0 Å². The van der Waals surface area contributed by atoms with E-state index in [9.17, 15) is 61.0 Å². The van der Waals surface area contributed by atoms with E-state index in [0.29, 0.717) is 12.8 Å². The summed E-state index contributed by atoms with van der Waals surface area (Å²) in [5, 5.41) is 120. The first kappa shape index (κ1) is 74.0.